The fraction of sp³-hybridized carbons (Fsp3) is 0.853. The molecule has 7 atom stereocenters. The van der Waals surface area contributed by atoms with E-state index in [0.29, 0.717) is 23.2 Å². The van der Waals surface area contributed by atoms with Gasteiger partial charge in [-0.25, -0.2) is 0 Å². The minimum Gasteiger partial charge on any atom is -0.462 e. The molecule has 0 aromatic rings. The number of hydrogen-bond acceptors (Lipinski definition) is 2. The van der Waals surface area contributed by atoms with Gasteiger partial charge in [0.05, 0.1) is 0 Å². The molecular formula is C34H56O2. The minimum atomic E-state index is 0.00606. The van der Waals surface area contributed by atoms with Crippen LogP contribution in [0.3, 0.4) is 0 Å². The second-order valence-corrected chi connectivity index (χ2v) is 14.8. The molecule has 0 saturated heterocycles. The molecule has 0 aliphatic heterocycles. The van der Waals surface area contributed by atoms with E-state index in [2.05, 4.69) is 68.4 Å². The summed E-state index contributed by atoms with van der Waals surface area (Å²) in [4.78, 5) is 12.4. The van der Waals surface area contributed by atoms with Crippen molar-refractivity contribution in [1.29, 1.82) is 0 Å². The Bertz CT molecular complexity index is 904. The average Bonchev–Trinajstić information content (AvgIpc) is 3.07. The zero-order valence-electron chi connectivity index (χ0n) is 25.2. The lowest BCUT2D eigenvalue weighted by atomic mass is 9.43. The van der Waals surface area contributed by atoms with E-state index in [1.165, 1.54) is 63.4 Å². The molecule has 4 aliphatic carbocycles. The summed E-state index contributed by atoms with van der Waals surface area (Å²) in [5.41, 5.74) is 6.26. The van der Waals surface area contributed by atoms with Gasteiger partial charge in [-0.1, -0.05) is 71.3 Å². The SMILES string of the molecule is CCCC(=O)OC1CC[C@]2(C)C3=C(CCC2C1(C)C)[C@]1(C)CC[C@H]([C@H](C)CCC=C(C)C)[C@@]1(C)CC3. The first kappa shape index (κ1) is 28.0. The van der Waals surface area contributed by atoms with E-state index in [1.807, 2.05) is 11.1 Å². The Morgan fingerprint density at radius 1 is 1.00 bits per heavy atom. The predicted molar refractivity (Wildman–Crippen MR) is 152 cm³/mol. The van der Waals surface area contributed by atoms with Crippen LogP contribution in [0.25, 0.3) is 0 Å². The van der Waals surface area contributed by atoms with E-state index in [1.54, 1.807) is 0 Å². The number of hydrogen-bond donors (Lipinski definition) is 0. The molecule has 2 fully saturated rings. The number of carbonyl (C=O) groups excluding carboxylic acids is 1. The van der Waals surface area contributed by atoms with Crippen molar-refractivity contribution < 1.29 is 9.53 Å². The molecule has 0 heterocycles. The first-order valence-corrected chi connectivity index (χ1v) is 15.4. The molecule has 36 heavy (non-hydrogen) atoms. The molecule has 0 amide bonds. The van der Waals surface area contributed by atoms with E-state index in [9.17, 15) is 4.79 Å². The van der Waals surface area contributed by atoms with Crippen molar-refractivity contribution in [3.05, 3.63) is 22.8 Å². The van der Waals surface area contributed by atoms with Crippen molar-refractivity contribution in [1.82, 2.24) is 0 Å². The Hall–Kier alpha value is -1.05. The Labute approximate surface area is 223 Å². The maximum atomic E-state index is 12.4. The van der Waals surface area contributed by atoms with Crippen LogP contribution < -0.4 is 0 Å². The van der Waals surface area contributed by atoms with E-state index in [0.717, 1.165) is 24.7 Å². The van der Waals surface area contributed by atoms with Crippen molar-refractivity contribution in [2.45, 2.75) is 145 Å². The summed E-state index contributed by atoms with van der Waals surface area (Å²) >= 11 is 0. The maximum Gasteiger partial charge on any atom is 0.306 e. The zero-order chi connectivity index (χ0) is 26.5. The summed E-state index contributed by atoms with van der Waals surface area (Å²) in [5, 5.41) is 0. The highest BCUT2D eigenvalue weighted by atomic mass is 16.5. The highest BCUT2D eigenvalue weighted by Crippen LogP contribution is 2.72. The number of fused-ring (bicyclic) bond motifs is 4. The van der Waals surface area contributed by atoms with Crippen LogP contribution in [0.4, 0.5) is 0 Å². The van der Waals surface area contributed by atoms with Crippen molar-refractivity contribution in [3.63, 3.8) is 0 Å². The third-order valence-electron chi connectivity index (χ3n) is 12.3. The second kappa shape index (κ2) is 9.92. The normalized spacial score (nSPS) is 40.1. The largest absolute Gasteiger partial charge is 0.462 e. The quantitative estimate of drug-likeness (QED) is 0.259. The van der Waals surface area contributed by atoms with E-state index < -0.39 is 0 Å². The van der Waals surface area contributed by atoms with Crippen LogP contribution in [-0.2, 0) is 9.53 Å². The number of allylic oxidation sites excluding steroid dienone is 4. The monoisotopic (exact) mass is 496 g/mol. The van der Waals surface area contributed by atoms with Gasteiger partial charge in [0.1, 0.15) is 6.10 Å². The molecule has 0 bridgehead atoms. The zero-order valence-corrected chi connectivity index (χ0v) is 25.2. The van der Waals surface area contributed by atoms with Crippen LogP contribution in [0.5, 0.6) is 0 Å². The van der Waals surface area contributed by atoms with Crippen molar-refractivity contribution in [3.8, 4) is 0 Å². The fourth-order valence-electron chi connectivity index (χ4n) is 10.1. The van der Waals surface area contributed by atoms with Crippen LogP contribution >= 0.6 is 0 Å². The van der Waals surface area contributed by atoms with E-state index in [4.69, 9.17) is 4.74 Å². The molecule has 0 aromatic heterocycles. The van der Waals surface area contributed by atoms with Gasteiger partial charge in [-0.15, -0.1) is 0 Å². The first-order valence-electron chi connectivity index (χ1n) is 15.4. The van der Waals surface area contributed by atoms with Crippen LogP contribution in [0.1, 0.15) is 139 Å². The Kier molecular flexibility index (Phi) is 7.71. The van der Waals surface area contributed by atoms with Crippen LogP contribution in [0.15, 0.2) is 22.8 Å². The summed E-state index contributed by atoms with van der Waals surface area (Å²) in [5.74, 6) is 2.25. The number of ether oxygens (including phenoxy) is 1. The maximum absolute atomic E-state index is 12.4. The molecule has 2 heteroatoms. The molecule has 0 spiro atoms. The second-order valence-electron chi connectivity index (χ2n) is 14.8. The highest BCUT2D eigenvalue weighted by Gasteiger charge is 2.63. The molecule has 0 N–H and O–H groups in total. The van der Waals surface area contributed by atoms with Crippen LogP contribution in [-0.4, -0.2) is 12.1 Å². The lowest BCUT2D eigenvalue weighted by molar-refractivity contribution is -0.169. The average molecular weight is 497 g/mol. The summed E-state index contributed by atoms with van der Waals surface area (Å²) in [7, 11) is 0. The third-order valence-corrected chi connectivity index (χ3v) is 12.3. The number of rotatable bonds is 7. The van der Waals surface area contributed by atoms with Gasteiger partial charge in [0, 0.05) is 11.8 Å². The molecule has 2 nitrogen and oxygen atoms in total. The lowest BCUT2D eigenvalue weighted by Crippen LogP contribution is -2.55. The molecule has 2 unspecified atom stereocenters. The van der Waals surface area contributed by atoms with Crippen LogP contribution in [0, 0.1) is 39.4 Å². The first-order chi connectivity index (χ1) is 16.8. The number of carbonyl (C=O) groups is 1. The van der Waals surface area contributed by atoms with Crippen LogP contribution in [0.2, 0.25) is 0 Å². The van der Waals surface area contributed by atoms with Gasteiger partial charge in [-0.2, -0.15) is 0 Å². The summed E-state index contributed by atoms with van der Waals surface area (Å²) in [6.45, 7) is 21.8. The van der Waals surface area contributed by atoms with Gasteiger partial charge < -0.3 is 4.74 Å². The number of esters is 1. The molecule has 4 aliphatic rings. The lowest BCUT2D eigenvalue weighted by Gasteiger charge is -2.62. The van der Waals surface area contributed by atoms with Crippen molar-refractivity contribution in [2.75, 3.05) is 0 Å². The van der Waals surface area contributed by atoms with Gasteiger partial charge in [-0.05, 0) is 118 Å². The molecule has 0 radical (unpaired) electrons. The Morgan fingerprint density at radius 3 is 2.39 bits per heavy atom. The van der Waals surface area contributed by atoms with Crippen molar-refractivity contribution in [2.24, 2.45) is 39.4 Å². The highest BCUT2D eigenvalue weighted by molar-refractivity contribution is 5.69. The van der Waals surface area contributed by atoms with E-state index >= 15 is 0 Å². The smallest absolute Gasteiger partial charge is 0.306 e. The van der Waals surface area contributed by atoms with E-state index in [-0.39, 0.29) is 22.9 Å². The molecule has 4 rings (SSSR count). The van der Waals surface area contributed by atoms with Gasteiger partial charge >= 0.3 is 5.97 Å². The van der Waals surface area contributed by atoms with Gasteiger partial charge in [0.15, 0.2) is 0 Å². The predicted octanol–water partition coefficient (Wildman–Crippen LogP) is 9.83. The topological polar surface area (TPSA) is 26.3 Å². The van der Waals surface area contributed by atoms with Crippen molar-refractivity contribution >= 4 is 5.97 Å². The standard InChI is InChI=1S/C34H56O2/c1-10-12-30(35)36-29-19-20-32(7)26-18-22-33(8)25(24(4)14-11-13-23(2)3)17-21-34(33,9)27(26)15-16-28(32)31(29,5)6/h13,24-25,28-29H,10-12,14-22H2,1-9H3/t24-,25-,28?,29?,32-,33-,34+/m1/s1. The van der Waals surface area contributed by atoms with Gasteiger partial charge in [0.25, 0.3) is 0 Å². The Morgan fingerprint density at radius 2 is 1.72 bits per heavy atom. The summed E-state index contributed by atoms with van der Waals surface area (Å²) in [6.07, 6.45) is 16.7. The van der Waals surface area contributed by atoms with Gasteiger partial charge in [-0.3, -0.25) is 4.79 Å². The third kappa shape index (κ3) is 4.35. The Balaban J connectivity index is 1.59. The molecule has 204 valence electrons. The summed E-state index contributed by atoms with van der Waals surface area (Å²) < 4.78 is 6.11. The summed E-state index contributed by atoms with van der Waals surface area (Å²) in [6, 6.07) is 0. The minimum absolute atomic E-state index is 0.00606. The molecule has 0 aromatic carbocycles. The fourth-order valence-corrected chi connectivity index (χ4v) is 10.1. The molecular weight excluding hydrogens is 440 g/mol. The molecule has 2 saturated carbocycles. The van der Waals surface area contributed by atoms with Gasteiger partial charge in [0.2, 0.25) is 0 Å².